The van der Waals surface area contributed by atoms with Gasteiger partial charge < -0.3 is 10.6 Å². The molecule has 9 nitrogen and oxygen atoms in total. The summed E-state index contributed by atoms with van der Waals surface area (Å²) < 4.78 is 0. The summed E-state index contributed by atoms with van der Waals surface area (Å²) in [6.07, 6.45) is 6.49. The van der Waals surface area contributed by atoms with Crippen molar-refractivity contribution in [1.29, 1.82) is 0 Å². The van der Waals surface area contributed by atoms with Crippen LogP contribution >= 0.6 is 11.6 Å². The number of aromatic amines is 1. The van der Waals surface area contributed by atoms with Crippen LogP contribution in [-0.4, -0.2) is 44.0 Å². The Labute approximate surface area is 235 Å². The molecule has 0 bridgehead atoms. The van der Waals surface area contributed by atoms with Gasteiger partial charge in [0.05, 0.1) is 5.92 Å². The number of nitrogens with zero attached hydrogens (tertiary/aromatic N) is 4. The SMILES string of the molecule is O=C(/C=C/c1cc(Cl)ccc1-c1nnn[nH]1)NC[C@H](C(=O)Nc1ccc(-c2ccncc2)cc1)c1ccccc1. The minimum absolute atomic E-state index is 0.0997. The van der Waals surface area contributed by atoms with Gasteiger partial charge in [0.2, 0.25) is 11.8 Å². The molecule has 0 unspecified atom stereocenters. The number of halogens is 1. The van der Waals surface area contributed by atoms with E-state index >= 15 is 0 Å². The van der Waals surface area contributed by atoms with Crippen LogP contribution in [0.5, 0.6) is 0 Å². The molecular formula is C30H24ClN7O2. The lowest BCUT2D eigenvalue weighted by Gasteiger charge is -2.18. The first-order chi connectivity index (χ1) is 19.6. The van der Waals surface area contributed by atoms with Crippen molar-refractivity contribution >= 4 is 35.2 Å². The van der Waals surface area contributed by atoms with Crippen molar-refractivity contribution in [3.63, 3.8) is 0 Å². The molecule has 0 radical (unpaired) electrons. The van der Waals surface area contributed by atoms with Crippen LogP contribution in [0.4, 0.5) is 5.69 Å². The van der Waals surface area contributed by atoms with Crippen molar-refractivity contribution in [3.05, 3.63) is 120 Å². The summed E-state index contributed by atoms with van der Waals surface area (Å²) in [4.78, 5) is 30.2. The molecule has 1 atom stereocenters. The van der Waals surface area contributed by atoms with Gasteiger partial charge in [0.1, 0.15) is 0 Å². The van der Waals surface area contributed by atoms with Crippen molar-refractivity contribution in [1.82, 2.24) is 30.9 Å². The molecule has 0 aliphatic heterocycles. The maximum absolute atomic E-state index is 13.3. The summed E-state index contributed by atoms with van der Waals surface area (Å²) in [5.41, 5.74) is 4.84. The zero-order chi connectivity index (χ0) is 27.7. The highest BCUT2D eigenvalue weighted by atomic mass is 35.5. The monoisotopic (exact) mass is 549 g/mol. The molecule has 5 aromatic rings. The Morgan fingerprint density at radius 2 is 1.68 bits per heavy atom. The van der Waals surface area contributed by atoms with E-state index in [9.17, 15) is 9.59 Å². The molecule has 40 heavy (non-hydrogen) atoms. The highest BCUT2D eigenvalue weighted by Gasteiger charge is 2.21. The fourth-order valence-corrected chi connectivity index (χ4v) is 4.33. The number of H-pyrrole nitrogens is 1. The van der Waals surface area contributed by atoms with Gasteiger partial charge in [-0.15, -0.1) is 5.10 Å². The van der Waals surface area contributed by atoms with Gasteiger partial charge in [-0.2, -0.15) is 0 Å². The van der Waals surface area contributed by atoms with Crippen molar-refractivity contribution in [2.75, 3.05) is 11.9 Å². The number of carbonyl (C=O) groups is 2. The number of hydrogen-bond donors (Lipinski definition) is 3. The molecule has 2 heterocycles. The minimum Gasteiger partial charge on any atom is -0.351 e. The fraction of sp³-hybridized carbons (Fsp3) is 0.0667. The highest BCUT2D eigenvalue weighted by Crippen LogP contribution is 2.25. The number of anilines is 1. The van der Waals surface area contributed by atoms with Crippen molar-refractivity contribution in [3.8, 4) is 22.5 Å². The van der Waals surface area contributed by atoms with E-state index in [0.29, 0.717) is 27.7 Å². The Kier molecular flexibility index (Phi) is 8.33. The Bertz CT molecular complexity index is 1610. The summed E-state index contributed by atoms with van der Waals surface area (Å²) in [5, 5.41) is 20.2. The van der Waals surface area contributed by atoms with Crippen LogP contribution in [0, 0.1) is 0 Å². The largest absolute Gasteiger partial charge is 0.351 e. The first-order valence-electron chi connectivity index (χ1n) is 12.4. The molecule has 0 aliphatic rings. The number of amides is 2. The van der Waals surface area contributed by atoms with Crippen LogP contribution in [0.25, 0.3) is 28.6 Å². The number of benzene rings is 3. The Morgan fingerprint density at radius 3 is 2.40 bits per heavy atom. The van der Waals surface area contributed by atoms with Gasteiger partial charge in [-0.1, -0.05) is 54.1 Å². The van der Waals surface area contributed by atoms with E-state index in [1.165, 1.54) is 6.08 Å². The zero-order valence-corrected chi connectivity index (χ0v) is 21.9. The van der Waals surface area contributed by atoms with Gasteiger partial charge in [0, 0.05) is 41.3 Å². The third kappa shape index (κ3) is 6.64. The van der Waals surface area contributed by atoms with Gasteiger partial charge in [-0.25, -0.2) is 5.10 Å². The molecule has 0 aliphatic carbocycles. The molecule has 2 amide bonds. The van der Waals surface area contributed by atoms with Crippen molar-refractivity contribution in [2.45, 2.75) is 5.92 Å². The molecule has 0 fully saturated rings. The van der Waals surface area contributed by atoms with Crippen LogP contribution in [0.1, 0.15) is 17.0 Å². The lowest BCUT2D eigenvalue weighted by atomic mass is 9.97. The lowest BCUT2D eigenvalue weighted by Crippen LogP contribution is -2.33. The molecule has 5 rings (SSSR count). The second kappa shape index (κ2) is 12.6. The van der Waals surface area contributed by atoms with E-state index in [1.54, 1.807) is 36.7 Å². The van der Waals surface area contributed by atoms with Crippen LogP contribution in [-0.2, 0) is 9.59 Å². The Balaban J connectivity index is 1.27. The topological polar surface area (TPSA) is 126 Å². The molecule has 198 valence electrons. The van der Waals surface area contributed by atoms with Gasteiger partial charge in [0.25, 0.3) is 0 Å². The van der Waals surface area contributed by atoms with Gasteiger partial charge >= 0.3 is 0 Å². The summed E-state index contributed by atoms with van der Waals surface area (Å²) in [5.74, 6) is -0.758. The molecule has 3 N–H and O–H groups in total. The normalized spacial score (nSPS) is 11.7. The predicted molar refractivity (Wildman–Crippen MR) is 154 cm³/mol. The summed E-state index contributed by atoms with van der Waals surface area (Å²) >= 11 is 6.16. The second-order valence-electron chi connectivity index (χ2n) is 8.83. The number of rotatable bonds is 9. The zero-order valence-electron chi connectivity index (χ0n) is 21.2. The maximum Gasteiger partial charge on any atom is 0.244 e. The second-order valence-corrected chi connectivity index (χ2v) is 9.26. The van der Waals surface area contributed by atoms with Crippen molar-refractivity contribution < 1.29 is 9.59 Å². The predicted octanol–water partition coefficient (Wildman–Crippen LogP) is 5.13. The Hall–Kier alpha value is -5.15. The quantitative estimate of drug-likeness (QED) is 0.219. The molecule has 0 saturated heterocycles. The lowest BCUT2D eigenvalue weighted by molar-refractivity contribution is -0.118. The number of pyridine rings is 1. The molecule has 3 aromatic carbocycles. The minimum atomic E-state index is -0.611. The van der Waals surface area contributed by atoms with Crippen LogP contribution < -0.4 is 10.6 Å². The molecule has 2 aromatic heterocycles. The number of aromatic nitrogens is 5. The van der Waals surface area contributed by atoms with E-state index < -0.39 is 5.92 Å². The molecular weight excluding hydrogens is 526 g/mol. The maximum atomic E-state index is 13.3. The number of hydrogen-bond acceptors (Lipinski definition) is 6. The van der Waals surface area contributed by atoms with Crippen molar-refractivity contribution in [2.24, 2.45) is 0 Å². The third-order valence-electron chi connectivity index (χ3n) is 6.19. The number of carbonyl (C=O) groups excluding carboxylic acids is 2. The summed E-state index contributed by atoms with van der Waals surface area (Å²) in [6.45, 7) is 0.0997. The number of nitrogens with one attached hydrogen (secondary N) is 3. The standard InChI is InChI=1S/C30H24ClN7O2/c31-24-9-12-26(29-35-37-38-36-29)23(18-24)8-13-28(39)33-19-27(22-4-2-1-3-5-22)30(40)34-25-10-6-20(7-11-25)21-14-16-32-17-15-21/h1-18,27H,19H2,(H,33,39)(H,34,40)(H,35,36,37,38)/b13-8+/t27-/m0/s1. The van der Waals surface area contributed by atoms with Crippen LogP contribution in [0.3, 0.4) is 0 Å². The fourth-order valence-electron chi connectivity index (χ4n) is 4.15. The van der Waals surface area contributed by atoms with E-state index in [-0.39, 0.29) is 18.4 Å². The molecule has 10 heteroatoms. The average molecular weight is 550 g/mol. The highest BCUT2D eigenvalue weighted by molar-refractivity contribution is 6.30. The smallest absolute Gasteiger partial charge is 0.244 e. The van der Waals surface area contributed by atoms with E-state index in [1.807, 2.05) is 66.7 Å². The Morgan fingerprint density at radius 1 is 0.925 bits per heavy atom. The summed E-state index contributed by atoms with van der Waals surface area (Å²) in [7, 11) is 0. The molecule has 0 saturated carbocycles. The first-order valence-corrected chi connectivity index (χ1v) is 12.8. The van der Waals surface area contributed by atoms with E-state index in [0.717, 1.165) is 16.7 Å². The van der Waals surface area contributed by atoms with Gasteiger partial charge in [-0.3, -0.25) is 14.6 Å². The van der Waals surface area contributed by atoms with E-state index in [4.69, 9.17) is 11.6 Å². The van der Waals surface area contributed by atoms with E-state index in [2.05, 4.69) is 36.2 Å². The average Bonchev–Trinajstić information content (AvgIpc) is 3.53. The first kappa shape index (κ1) is 26.5. The number of tetrazole rings is 1. The summed E-state index contributed by atoms with van der Waals surface area (Å²) in [6, 6.07) is 25.9. The van der Waals surface area contributed by atoms with Gasteiger partial charge in [-0.05, 0) is 81.2 Å². The van der Waals surface area contributed by atoms with Crippen LogP contribution in [0.2, 0.25) is 5.02 Å². The third-order valence-corrected chi connectivity index (χ3v) is 6.43. The molecule has 0 spiro atoms. The van der Waals surface area contributed by atoms with Gasteiger partial charge in [0.15, 0.2) is 5.82 Å². The van der Waals surface area contributed by atoms with Crippen LogP contribution in [0.15, 0.2) is 103 Å².